The standard InChI is InChI=1S/C12H21N5O4/c1-3-5-17-10(13)9(11(19)16-12(17)20)15-7-8(18)14-4-6-21-2/h15H,3-7,13H2,1-2H3,(H,14,18)(H,16,19,20). The first-order chi connectivity index (χ1) is 10.0. The van der Waals surface area contributed by atoms with Gasteiger partial charge in [0.1, 0.15) is 11.5 Å². The number of ether oxygens (including phenoxy) is 1. The van der Waals surface area contributed by atoms with Crippen molar-refractivity contribution >= 4 is 17.4 Å². The van der Waals surface area contributed by atoms with Crippen LogP contribution < -0.4 is 27.6 Å². The lowest BCUT2D eigenvalue weighted by molar-refractivity contribution is -0.119. The Morgan fingerprint density at radius 1 is 1.43 bits per heavy atom. The van der Waals surface area contributed by atoms with Crippen molar-refractivity contribution in [3.63, 3.8) is 0 Å². The van der Waals surface area contributed by atoms with E-state index in [1.165, 1.54) is 11.7 Å². The number of anilines is 2. The van der Waals surface area contributed by atoms with E-state index in [-0.39, 0.29) is 24.0 Å². The molecule has 9 nitrogen and oxygen atoms in total. The number of amides is 1. The summed E-state index contributed by atoms with van der Waals surface area (Å²) in [6.07, 6.45) is 0.688. The van der Waals surface area contributed by atoms with Crippen molar-refractivity contribution in [1.82, 2.24) is 14.9 Å². The molecule has 0 aliphatic rings. The van der Waals surface area contributed by atoms with Gasteiger partial charge in [0.15, 0.2) is 0 Å². The van der Waals surface area contributed by atoms with Crippen molar-refractivity contribution in [2.45, 2.75) is 19.9 Å². The number of hydrogen-bond acceptors (Lipinski definition) is 6. The van der Waals surface area contributed by atoms with Crippen molar-refractivity contribution in [2.75, 3.05) is 37.9 Å². The quantitative estimate of drug-likeness (QED) is 0.441. The maximum atomic E-state index is 11.7. The minimum absolute atomic E-state index is 0.0185. The SMILES string of the molecule is CCCn1c(N)c(NCC(=O)NCCOC)c(=O)[nH]c1=O. The van der Waals surface area contributed by atoms with Crippen LogP contribution in [0.4, 0.5) is 11.5 Å². The third kappa shape index (κ3) is 4.63. The summed E-state index contributed by atoms with van der Waals surface area (Å²) in [5.41, 5.74) is 4.62. The molecule has 1 aromatic heterocycles. The summed E-state index contributed by atoms with van der Waals surface area (Å²) >= 11 is 0. The second-order valence-corrected chi connectivity index (χ2v) is 4.37. The van der Waals surface area contributed by atoms with Gasteiger partial charge in [0, 0.05) is 20.2 Å². The Balaban J connectivity index is 2.79. The van der Waals surface area contributed by atoms with Crippen LogP contribution in [0.15, 0.2) is 9.59 Å². The van der Waals surface area contributed by atoms with Gasteiger partial charge in [-0.15, -0.1) is 0 Å². The van der Waals surface area contributed by atoms with E-state index >= 15 is 0 Å². The van der Waals surface area contributed by atoms with Crippen LogP contribution >= 0.6 is 0 Å². The number of methoxy groups -OCH3 is 1. The van der Waals surface area contributed by atoms with Gasteiger partial charge in [-0.3, -0.25) is 19.1 Å². The minimum atomic E-state index is -0.644. The van der Waals surface area contributed by atoms with E-state index in [0.717, 1.165) is 0 Å². The van der Waals surface area contributed by atoms with Gasteiger partial charge in [0.2, 0.25) is 5.91 Å². The molecule has 118 valence electrons. The molecule has 0 bridgehead atoms. The van der Waals surface area contributed by atoms with E-state index in [1.54, 1.807) is 0 Å². The molecular weight excluding hydrogens is 278 g/mol. The highest BCUT2D eigenvalue weighted by atomic mass is 16.5. The molecule has 0 aliphatic heterocycles. The van der Waals surface area contributed by atoms with Crippen LogP contribution in [-0.4, -0.2) is 42.3 Å². The molecule has 0 unspecified atom stereocenters. The molecule has 0 aliphatic carbocycles. The Kier molecular flexibility index (Phi) is 6.47. The molecule has 1 aromatic rings. The highest BCUT2D eigenvalue weighted by molar-refractivity contribution is 5.81. The Morgan fingerprint density at radius 3 is 2.76 bits per heavy atom. The smallest absolute Gasteiger partial charge is 0.330 e. The van der Waals surface area contributed by atoms with Crippen LogP contribution in [0, 0.1) is 0 Å². The van der Waals surface area contributed by atoms with Crippen LogP contribution in [-0.2, 0) is 16.1 Å². The van der Waals surface area contributed by atoms with Crippen molar-refractivity contribution in [1.29, 1.82) is 0 Å². The van der Waals surface area contributed by atoms with Crippen molar-refractivity contribution in [2.24, 2.45) is 0 Å². The summed E-state index contributed by atoms with van der Waals surface area (Å²) in [5.74, 6) is -0.283. The number of carbonyl (C=O) groups is 1. The Labute approximate surface area is 121 Å². The zero-order valence-electron chi connectivity index (χ0n) is 12.2. The van der Waals surface area contributed by atoms with Gasteiger partial charge in [-0.2, -0.15) is 0 Å². The predicted molar refractivity (Wildman–Crippen MR) is 79.4 cm³/mol. The summed E-state index contributed by atoms with van der Waals surface area (Å²) in [4.78, 5) is 37.1. The largest absolute Gasteiger partial charge is 0.383 e. The van der Waals surface area contributed by atoms with Crippen LogP contribution in [0.5, 0.6) is 0 Å². The molecule has 0 saturated carbocycles. The number of nitrogen functional groups attached to an aromatic ring is 1. The van der Waals surface area contributed by atoms with E-state index in [0.29, 0.717) is 26.1 Å². The number of nitrogens with two attached hydrogens (primary N) is 1. The van der Waals surface area contributed by atoms with Crippen molar-refractivity contribution in [3.8, 4) is 0 Å². The second-order valence-electron chi connectivity index (χ2n) is 4.37. The fourth-order valence-corrected chi connectivity index (χ4v) is 1.73. The monoisotopic (exact) mass is 299 g/mol. The van der Waals surface area contributed by atoms with E-state index in [1.807, 2.05) is 6.92 Å². The Bertz CT molecular complexity index is 592. The van der Waals surface area contributed by atoms with Crippen molar-refractivity contribution in [3.05, 3.63) is 20.8 Å². The topological polar surface area (TPSA) is 131 Å². The molecule has 0 aromatic carbocycles. The lowest BCUT2D eigenvalue weighted by Crippen LogP contribution is -2.37. The lowest BCUT2D eigenvalue weighted by Gasteiger charge is -2.13. The summed E-state index contributed by atoms with van der Waals surface area (Å²) in [6.45, 7) is 2.92. The summed E-state index contributed by atoms with van der Waals surface area (Å²) in [7, 11) is 1.53. The molecule has 0 saturated heterocycles. The third-order valence-corrected chi connectivity index (χ3v) is 2.74. The molecule has 5 N–H and O–H groups in total. The number of nitrogens with one attached hydrogen (secondary N) is 3. The van der Waals surface area contributed by atoms with Gasteiger partial charge in [0.25, 0.3) is 5.56 Å². The molecule has 21 heavy (non-hydrogen) atoms. The molecule has 0 atom stereocenters. The Morgan fingerprint density at radius 2 is 2.14 bits per heavy atom. The maximum Gasteiger partial charge on any atom is 0.330 e. The van der Waals surface area contributed by atoms with Crippen LogP contribution in [0.25, 0.3) is 0 Å². The lowest BCUT2D eigenvalue weighted by atomic mass is 10.4. The van der Waals surface area contributed by atoms with E-state index in [4.69, 9.17) is 10.5 Å². The van der Waals surface area contributed by atoms with Gasteiger partial charge in [-0.1, -0.05) is 6.92 Å². The fraction of sp³-hybridized carbons (Fsp3) is 0.583. The molecular formula is C12H21N5O4. The van der Waals surface area contributed by atoms with Crippen LogP contribution in [0.2, 0.25) is 0 Å². The number of aromatic amines is 1. The highest BCUT2D eigenvalue weighted by Crippen LogP contribution is 2.09. The van der Waals surface area contributed by atoms with Gasteiger partial charge in [0.05, 0.1) is 13.2 Å². The summed E-state index contributed by atoms with van der Waals surface area (Å²) in [6, 6.07) is 0. The number of aromatic nitrogens is 2. The van der Waals surface area contributed by atoms with E-state index < -0.39 is 11.2 Å². The van der Waals surface area contributed by atoms with E-state index in [9.17, 15) is 14.4 Å². The fourth-order valence-electron chi connectivity index (χ4n) is 1.73. The zero-order chi connectivity index (χ0) is 15.8. The average Bonchev–Trinajstić information content (AvgIpc) is 2.43. The maximum absolute atomic E-state index is 11.7. The third-order valence-electron chi connectivity index (χ3n) is 2.74. The average molecular weight is 299 g/mol. The number of hydrogen-bond donors (Lipinski definition) is 4. The molecule has 0 spiro atoms. The van der Waals surface area contributed by atoms with E-state index in [2.05, 4.69) is 15.6 Å². The first-order valence-electron chi connectivity index (χ1n) is 6.63. The summed E-state index contributed by atoms with van der Waals surface area (Å²) < 4.78 is 6.06. The molecule has 0 fully saturated rings. The van der Waals surface area contributed by atoms with Gasteiger partial charge >= 0.3 is 5.69 Å². The first kappa shape index (κ1) is 16.8. The molecule has 9 heteroatoms. The van der Waals surface area contributed by atoms with Crippen LogP contribution in [0.3, 0.4) is 0 Å². The van der Waals surface area contributed by atoms with Crippen molar-refractivity contribution < 1.29 is 9.53 Å². The second kappa shape index (κ2) is 8.10. The number of nitrogens with zero attached hydrogens (tertiary/aromatic N) is 1. The Hall–Kier alpha value is -2.29. The molecule has 1 heterocycles. The number of rotatable bonds is 8. The number of H-pyrrole nitrogens is 1. The van der Waals surface area contributed by atoms with Crippen LogP contribution in [0.1, 0.15) is 13.3 Å². The molecule has 0 radical (unpaired) electrons. The highest BCUT2D eigenvalue weighted by Gasteiger charge is 2.12. The number of carbonyl (C=O) groups excluding carboxylic acids is 1. The normalized spacial score (nSPS) is 10.4. The summed E-state index contributed by atoms with van der Waals surface area (Å²) in [5, 5.41) is 5.25. The van der Waals surface area contributed by atoms with Gasteiger partial charge in [-0.05, 0) is 6.42 Å². The molecule has 1 amide bonds. The van der Waals surface area contributed by atoms with Gasteiger partial charge in [-0.25, -0.2) is 4.79 Å². The predicted octanol–water partition coefficient (Wildman–Crippen LogP) is -1.30. The first-order valence-corrected chi connectivity index (χ1v) is 6.63. The minimum Gasteiger partial charge on any atom is -0.383 e. The van der Waals surface area contributed by atoms with Gasteiger partial charge < -0.3 is 21.1 Å². The zero-order valence-corrected chi connectivity index (χ0v) is 12.2. The molecule has 1 rings (SSSR count).